The van der Waals surface area contributed by atoms with Crippen molar-refractivity contribution in [1.29, 1.82) is 0 Å². The average Bonchev–Trinajstić information content (AvgIpc) is 2.41. The molecule has 2 aromatic carbocycles. The molecule has 0 aromatic heterocycles. The van der Waals surface area contributed by atoms with Crippen LogP contribution in [0.3, 0.4) is 0 Å². The van der Waals surface area contributed by atoms with Crippen molar-refractivity contribution in [2.45, 2.75) is 13.5 Å². The van der Waals surface area contributed by atoms with Crippen molar-refractivity contribution in [2.24, 2.45) is 0 Å². The van der Waals surface area contributed by atoms with Crippen LogP contribution in [0.2, 0.25) is 0 Å². The van der Waals surface area contributed by atoms with Crippen LogP contribution in [0.5, 0.6) is 0 Å². The van der Waals surface area contributed by atoms with Crippen LogP contribution >= 0.6 is 0 Å². The van der Waals surface area contributed by atoms with Crippen LogP contribution < -0.4 is 11.1 Å². The van der Waals surface area contributed by atoms with Gasteiger partial charge in [0.15, 0.2) is 0 Å². The van der Waals surface area contributed by atoms with Gasteiger partial charge in [-0.3, -0.25) is 4.79 Å². The lowest BCUT2D eigenvalue weighted by Gasteiger charge is -2.09. The van der Waals surface area contributed by atoms with E-state index in [1.54, 1.807) is 18.2 Å². The molecule has 0 aliphatic heterocycles. The zero-order chi connectivity index (χ0) is 14.7. The molecule has 0 fully saturated rings. The molecule has 0 radical (unpaired) electrons. The number of amides is 1. The Labute approximate surface area is 115 Å². The Morgan fingerprint density at radius 2 is 1.95 bits per heavy atom. The Morgan fingerprint density at radius 3 is 2.65 bits per heavy atom. The summed E-state index contributed by atoms with van der Waals surface area (Å²) < 4.78 is 27.3. The number of hydrogen-bond donors (Lipinski definition) is 2. The lowest BCUT2D eigenvalue weighted by Crippen LogP contribution is -2.24. The molecule has 0 saturated carbocycles. The number of carbonyl (C=O) groups excluding carboxylic acids is 1. The summed E-state index contributed by atoms with van der Waals surface area (Å²) in [6.07, 6.45) is 0. The SMILES string of the molecule is Cc1cc(N)cc(C(=O)NCc2ccccc2F)c1F. The highest BCUT2D eigenvalue weighted by molar-refractivity contribution is 5.95. The smallest absolute Gasteiger partial charge is 0.254 e. The van der Waals surface area contributed by atoms with Crippen LogP contribution in [0, 0.1) is 18.6 Å². The number of nitrogens with one attached hydrogen (secondary N) is 1. The summed E-state index contributed by atoms with van der Waals surface area (Å²) in [5.74, 6) is -1.66. The fourth-order valence-corrected chi connectivity index (χ4v) is 1.88. The zero-order valence-corrected chi connectivity index (χ0v) is 10.9. The number of hydrogen-bond acceptors (Lipinski definition) is 2. The first-order valence-corrected chi connectivity index (χ1v) is 6.06. The fraction of sp³-hybridized carbons (Fsp3) is 0.133. The number of benzene rings is 2. The van der Waals surface area contributed by atoms with Crippen molar-refractivity contribution in [2.75, 3.05) is 5.73 Å². The second-order valence-corrected chi connectivity index (χ2v) is 4.47. The van der Waals surface area contributed by atoms with E-state index >= 15 is 0 Å². The van der Waals surface area contributed by atoms with E-state index in [1.165, 1.54) is 25.1 Å². The van der Waals surface area contributed by atoms with E-state index in [-0.39, 0.29) is 12.1 Å². The summed E-state index contributed by atoms with van der Waals surface area (Å²) in [7, 11) is 0. The zero-order valence-electron chi connectivity index (χ0n) is 10.9. The quantitative estimate of drug-likeness (QED) is 0.847. The maximum atomic E-state index is 13.8. The maximum Gasteiger partial charge on any atom is 0.254 e. The van der Waals surface area contributed by atoms with Gasteiger partial charge in [0.1, 0.15) is 11.6 Å². The van der Waals surface area contributed by atoms with Gasteiger partial charge in [0, 0.05) is 17.8 Å². The van der Waals surface area contributed by atoms with Gasteiger partial charge >= 0.3 is 0 Å². The molecular weight excluding hydrogens is 262 g/mol. The van der Waals surface area contributed by atoms with Crippen LogP contribution in [-0.2, 0) is 6.54 Å². The Morgan fingerprint density at radius 1 is 1.25 bits per heavy atom. The first kappa shape index (κ1) is 14.0. The van der Waals surface area contributed by atoms with Crippen LogP contribution in [0.4, 0.5) is 14.5 Å². The van der Waals surface area contributed by atoms with Gasteiger partial charge in [0.05, 0.1) is 5.56 Å². The van der Waals surface area contributed by atoms with Crippen molar-refractivity contribution in [3.8, 4) is 0 Å². The molecule has 5 heteroatoms. The molecule has 0 atom stereocenters. The molecule has 3 nitrogen and oxygen atoms in total. The van der Waals surface area contributed by atoms with E-state index in [2.05, 4.69) is 5.32 Å². The standard InChI is InChI=1S/C15H14F2N2O/c1-9-6-11(18)7-12(14(9)17)15(20)19-8-10-4-2-3-5-13(10)16/h2-7H,8,18H2,1H3,(H,19,20). The van der Waals surface area contributed by atoms with E-state index < -0.39 is 17.5 Å². The molecule has 0 heterocycles. The third kappa shape index (κ3) is 2.93. The average molecular weight is 276 g/mol. The maximum absolute atomic E-state index is 13.8. The molecule has 104 valence electrons. The molecule has 2 aromatic rings. The topological polar surface area (TPSA) is 55.1 Å². The lowest BCUT2D eigenvalue weighted by molar-refractivity contribution is 0.0946. The van der Waals surface area contributed by atoms with Gasteiger partial charge < -0.3 is 11.1 Å². The van der Waals surface area contributed by atoms with Crippen molar-refractivity contribution in [3.63, 3.8) is 0 Å². The summed E-state index contributed by atoms with van der Waals surface area (Å²) in [5.41, 5.74) is 6.38. The van der Waals surface area contributed by atoms with E-state index in [4.69, 9.17) is 5.73 Å². The molecule has 0 spiro atoms. The second kappa shape index (κ2) is 5.69. The molecule has 0 aliphatic carbocycles. The predicted molar refractivity (Wildman–Crippen MR) is 73.1 cm³/mol. The number of anilines is 1. The van der Waals surface area contributed by atoms with Crippen molar-refractivity contribution >= 4 is 11.6 Å². The molecule has 0 aliphatic rings. The van der Waals surface area contributed by atoms with Crippen LogP contribution in [0.25, 0.3) is 0 Å². The summed E-state index contributed by atoms with van der Waals surface area (Å²) in [5, 5.41) is 2.48. The Kier molecular flexibility index (Phi) is 3.98. The van der Waals surface area contributed by atoms with E-state index in [0.717, 1.165) is 0 Å². The van der Waals surface area contributed by atoms with Crippen LogP contribution in [0.15, 0.2) is 36.4 Å². The summed E-state index contributed by atoms with van der Waals surface area (Å²) in [6, 6.07) is 8.78. The monoisotopic (exact) mass is 276 g/mol. The first-order chi connectivity index (χ1) is 9.49. The number of nitrogen functional groups attached to an aromatic ring is 1. The molecule has 2 rings (SSSR count). The molecule has 20 heavy (non-hydrogen) atoms. The van der Waals surface area contributed by atoms with Crippen LogP contribution in [-0.4, -0.2) is 5.91 Å². The van der Waals surface area contributed by atoms with Crippen molar-refractivity contribution < 1.29 is 13.6 Å². The number of nitrogens with two attached hydrogens (primary N) is 1. The van der Waals surface area contributed by atoms with Gasteiger partial charge in [0.25, 0.3) is 5.91 Å². The number of halogens is 2. The molecule has 3 N–H and O–H groups in total. The largest absolute Gasteiger partial charge is 0.399 e. The summed E-state index contributed by atoms with van der Waals surface area (Å²) in [4.78, 5) is 11.9. The van der Waals surface area contributed by atoms with Gasteiger partial charge in [-0.25, -0.2) is 8.78 Å². The summed E-state index contributed by atoms with van der Waals surface area (Å²) in [6.45, 7) is 1.51. The number of aryl methyl sites for hydroxylation is 1. The van der Waals surface area contributed by atoms with E-state index in [9.17, 15) is 13.6 Å². The predicted octanol–water partition coefficient (Wildman–Crippen LogP) is 2.79. The molecular formula is C15H14F2N2O. The van der Waals surface area contributed by atoms with E-state index in [0.29, 0.717) is 16.8 Å². The van der Waals surface area contributed by atoms with Crippen LogP contribution in [0.1, 0.15) is 21.5 Å². The lowest BCUT2D eigenvalue weighted by atomic mass is 10.1. The van der Waals surface area contributed by atoms with Gasteiger partial charge in [0.2, 0.25) is 0 Å². The molecule has 1 amide bonds. The highest BCUT2D eigenvalue weighted by atomic mass is 19.1. The Hall–Kier alpha value is -2.43. The third-order valence-electron chi connectivity index (χ3n) is 2.92. The number of rotatable bonds is 3. The Bertz CT molecular complexity index is 656. The highest BCUT2D eigenvalue weighted by Crippen LogP contribution is 2.17. The number of carbonyl (C=O) groups is 1. The first-order valence-electron chi connectivity index (χ1n) is 6.06. The van der Waals surface area contributed by atoms with Gasteiger partial charge in [-0.2, -0.15) is 0 Å². The third-order valence-corrected chi connectivity index (χ3v) is 2.92. The fourth-order valence-electron chi connectivity index (χ4n) is 1.88. The van der Waals surface area contributed by atoms with Crippen molar-refractivity contribution in [1.82, 2.24) is 5.32 Å². The molecule has 0 unspecified atom stereocenters. The minimum absolute atomic E-state index is 0.0151. The minimum Gasteiger partial charge on any atom is -0.399 e. The summed E-state index contributed by atoms with van der Waals surface area (Å²) >= 11 is 0. The normalized spacial score (nSPS) is 10.3. The molecule has 0 bridgehead atoms. The highest BCUT2D eigenvalue weighted by Gasteiger charge is 2.14. The second-order valence-electron chi connectivity index (χ2n) is 4.47. The van der Waals surface area contributed by atoms with Gasteiger partial charge in [-0.1, -0.05) is 18.2 Å². The van der Waals surface area contributed by atoms with Gasteiger partial charge in [-0.05, 0) is 30.7 Å². The van der Waals surface area contributed by atoms with Gasteiger partial charge in [-0.15, -0.1) is 0 Å². The minimum atomic E-state index is -0.624. The molecule has 0 saturated heterocycles. The van der Waals surface area contributed by atoms with E-state index in [1.807, 2.05) is 0 Å². The van der Waals surface area contributed by atoms with Crippen molar-refractivity contribution in [3.05, 3.63) is 64.7 Å². The Balaban J connectivity index is 2.15.